The number of amides is 2. The summed E-state index contributed by atoms with van der Waals surface area (Å²) < 4.78 is 0. The van der Waals surface area contributed by atoms with Crippen LogP contribution < -0.4 is 5.32 Å². The lowest BCUT2D eigenvalue weighted by atomic mass is 9.94. The quantitative estimate of drug-likeness (QED) is 0.234. The molecule has 1 aliphatic carbocycles. The van der Waals surface area contributed by atoms with Crippen molar-refractivity contribution in [3.8, 4) is 0 Å². The number of carbonyl (C=O) groups is 2. The Morgan fingerprint density at radius 2 is 1.64 bits per heavy atom. The number of carbonyl (C=O) groups excluding carboxylic acids is 2. The lowest BCUT2D eigenvalue weighted by molar-refractivity contribution is -0.141. The first-order valence-electron chi connectivity index (χ1n) is 13.7. The molecule has 206 valence electrons. The van der Waals surface area contributed by atoms with Gasteiger partial charge < -0.3 is 10.2 Å². The molecule has 4 nitrogen and oxygen atoms in total. The van der Waals surface area contributed by atoms with Crippen molar-refractivity contribution < 1.29 is 9.59 Å². The number of benzene rings is 3. The Kier molecular flexibility index (Phi) is 11.2. The molecule has 4 rings (SSSR count). The molecular formula is C32H36Cl2N2O2S. The largest absolute Gasteiger partial charge is 0.352 e. The van der Waals surface area contributed by atoms with E-state index in [4.69, 9.17) is 23.2 Å². The first-order valence-corrected chi connectivity index (χ1v) is 15.4. The van der Waals surface area contributed by atoms with E-state index in [2.05, 4.69) is 36.5 Å². The van der Waals surface area contributed by atoms with Crippen molar-refractivity contribution in [3.63, 3.8) is 0 Å². The highest BCUT2D eigenvalue weighted by Crippen LogP contribution is 2.26. The molecule has 1 fully saturated rings. The molecule has 0 heterocycles. The minimum Gasteiger partial charge on any atom is -0.352 e. The highest BCUT2D eigenvalue weighted by atomic mass is 35.5. The van der Waals surface area contributed by atoms with E-state index < -0.39 is 6.04 Å². The minimum absolute atomic E-state index is 0.0552. The molecule has 1 aliphatic rings. The summed E-state index contributed by atoms with van der Waals surface area (Å²) >= 11 is 14.1. The maximum absolute atomic E-state index is 13.8. The van der Waals surface area contributed by atoms with Gasteiger partial charge >= 0.3 is 0 Å². The van der Waals surface area contributed by atoms with Crippen LogP contribution in [0.3, 0.4) is 0 Å². The molecule has 0 aromatic heterocycles. The number of thioether (sulfide) groups is 1. The first-order chi connectivity index (χ1) is 18.9. The van der Waals surface area contributed by atoms with Gasteiger partial charge in [0.25, 0.3) is 0 Å². The van der Waals surface area contributed by atoms with Crippen LogP contribution in [0.1, 0.15) is 55.2 Å². The third kappa shape index (κ3) is 9.02. The topological polar surface area (TPSA) is 49.4 Å². The molecule has 0 spiro atoms. The zero-order valence-electron chi connectivity index (χ0n) is 22.4. The van der Waals surface area contributed by atoms with E-state index >= 15 is 0 Å². The summed E-state index contributed by atoms with van der Waals surface area (Å²) in [6.07, 6.45) is 6.18. The number of hydrogen-bond acceptors (Lipinski definition) is 3. The van der Waals surface area contributed by atoms with Gasteiger partial charge in [-0.05, 0) is 55.2 Å². The normalized spacial score (nSPS) is 14.5. The summed E-state index contributed by atoms with van der Waals surface area (Å²) in [5.74, 6) is 0.480. The fourth-order valence-corrected chi connectivity index (χ4v) is 6.13. The third-order valence-corrected chi connectivity index (χ3v) is 8.92. The molecule has 39 heavy (non-hydrogen) atoms. The lowest BCUT2D eigenvalue weighted by Gasteiger charge is -2.33. The molecule has 3 aromatic rings. The second-order valence-corrected chi connectivity index (χ2v) is 12.2. The highest BCUT2D eigenvalue weighted by Gasteiger charge is 2.31. The predicted molar refractivity (Wildman–Crippen MR) is 162 cm³/mol. The van der Waals surface area contributed by atoms with E-state index in [1.54, 1.807) is 28.8 Å². The molecule has 1 saturated carbocycles. The van der Waals surface area contributed by atoms with Crippen LogP contribution in [0.2, 0.25) is 10.0 Å². The van der Waals surface area contributed by atoms with Crippen molar-refractivity contribution in [1.82, 2.24) is 10.2 Å². The molecule has 1 unspecified atom stereocenters. The molecule has 0 saturated heterocycles. The maximum atomic E-state index is 13.8. The van der Waals surface area contributed by atoms with Crippen molar-refractivity contribution >= 4 is 46.8 Å². The fourth-order valence-electron chi connectivity index (χ4n) is 4.97. The summed E-state index contributed by atoms with van der Waals surface area (Å²) in [4.78, 5) is 30.6. The van der Waals surface area contributed by atoms with Crippen LogP contribution >= 0.6 is 35.0 Å². The molecule has 0 radical (unpaired) electrons. The molecule has 2 amide bonds. The van der Waals surface area contributed by atoms with E-state index in [0.717, 1.165) is 41.7 Å². The molecule has 1 N–H and O–H groups in total. The minimum atomic E-state index is -0.638. The molecule has 0 bridgehead atoms. The monoisotopic (exact) mass is 582 g/mol. The smallest absolute Gasteiger partial charge is 0.243 e. The van der Waals surface area contributed by atoms with Crippen LogP contribution in [-0.4, -0.2) is 34.6 Å². The Bertz CT molecular complexity index is 1230. The van der Waals surface area contributed by atoms with Crippen molar-refractivity contribution in [2.24, 2.45) is 0 Å². The number of aryl methyl sites for hydroxylation is 1. The average Bonchev–Trinajstić information content (AvgIpc) is 2.94. The van der Waals surface area contributed by atoms with Gasteiger partial charge in [-0.2, -0.15) is 0 Å². The Morgan fingerprint density at radius 3 is 2.33 bits per heavy atom. The molecule has 0 aliphatic heterocycles. The van der Waals surface area contributed by atoms with Crippen molar-refractivity contribution in [2.75, 3.05) is 5.75 Å². The van der Waals surface area contributed by atoms with E-state index in [1.807, 2.05) is 36.4 Å². The Morgan fingerprint density at radius 1 is 0.923 bits per heavy atom. The lowest BCUT2D eigenvalue weighted by Crippen LogP contribution is -2.52. The number of halogens is 2. The molecular weight excluding hydrogens is 547 g/mol. The molecule has 1 atom stereocenters. The molecule has 3 aromatic carbocycles. The van der Waals surface area contributed by atoms with Crippen LogP contribution in [0.15, 0.2) is 77.7 Å². The third-order valence-electron chi connectivity index (χ3n) is 7.17. The Labute approximate surface area is 246 Å². The second-order valence-electron chi connectivity index (χ2n) is 10.2. The van der Waals surface area contributed by atoms with Gasteiger partial charge in [0.1, 0.15) is 6.04 Å². The van der Waals surface area contributed by atoms with Crippen molar-refractivity contribution in [1.29, 1.82) is 0 Å². The van der Waals surface area contributed by atoms with Gasteiger partial charge in [-0.1, -0.05) is 96.6 Å². The van der Waals surface area contributed by atoms with Gasteiger partial charge in [0.05, 0.1) is 10.0 Å². The van der Waals surface area contributed by atoms with E-state index in [9.17, 15) is 9.59 Å². The number of rotatable bonds is 11. The van der Waals surface area contributed by atoms with Gasteiger partial charge in [0.2, 0.25) is 11.8 Å². The maximum Gasteiger partial charge on any atom is 0.243 e. The first kappa shape index (κ1) is 29.5. The van der Waals surface area contributed by atoms with Gasteiger partial charge in [-0.25, -0.2) is 0 Å². The predicted octanol–water partition coefficient (Wildman–Crippen LogP) is 7.87. The number of nitrogens with zero attached hydrogens (tertiary/aromatic N) is 1. The van der Waals surface area contributed by atoms with Crippen LogP contribution in [0.25, 0.3) is 0 Å². The molecule has 7 heteroatoms. The van der Waals surface area contributed by atoms with Gasteiger partial charge in [-0.3, -0.25) is 9.59 Å². The van der Waals surface area contributed by atoms with E-state index in [1.165, 1.54) is 12.0 Å². The summed E-state index contributed by atoms with van der Waals surface area (Å²) in [6, 6.07) is 23.1. The zero-order valence-corrected chi connectivity index (χ0v) is 24.7. The summed E-state index contributed by atoms with van der Waals surface area (Å²) in [5, 5.41) is 4.18. The fraction of sp³-hybridized carbons (Fsp3) is 0.375. The summed E-state index contributed by atoms with van der Waals surface area (Å²) in [7, 11) is 0. The zero-order chi connectivity index (χ0) is 27.6. The van der Waals surface area contributed by atoms with Gasteiger partial charge in [-0.15, -0.1) is 11.8 Å². The highest BCUT2D eigenvalue weighted by molar-refractivity contribution is 7.99. The standard InChI is InChI=1S/C32H36Cl2N2O2S/c1-23-12-15-27(16-13-23)39-19-18-31(37)36(22-25-14-17-28(33)29(34)20-25)30(21-24-8-4-2-5-9-24)32(38)35-26-10-6-3-7-11-26/h2,4-5,8-9,12-17,20,26,30H,3,6-7,10-11,18-19,21-22H2,1H3,(H,35,38). The van der Waals surface area contributed by atoms with Crippen LogP contribution in [0.5, 0.6) is 0 Å². The summed E-state index contributed by atoms with van der Waals surface area (Å²) in [6.45, 7) is 2.34. The Hall–Kier alpha value is -2.47. The van der Waals surface area contributed by atoms with Crippen molar-refractivity contribution in [3.05, 3.63) is 99.5 Å². The Balaban J connectivity index is 1.57. The van der Waals surface area contributed by atoms with Crippen LogP contribution in [0.4, 0.5) is 0 Å². The average molecular weight is 584 g/mol. The van der Waals surface area contributed by atoms with E-state index in [0.29, 0.717) is 28.6 Å². The number of nitrogens with one attached hydrogen (secondary N) is 1. The van der Waals surface area contributed by atoms with E-state index in [-0.39, 0.29) is 24.4 Å². The van der Waals surface area contributed by atoms with Gasteiger partial charge in [0.15, 0.2) is 0 Å². The number of hydrogen-bond donors (Lipinski definition) is 1. The summed E-state index contributed by atoms with van der Waals surface area (Å²) in [5.41, 5.74) is 3.06. The van der Waals surface area contributed by atoms with Crippen molar-refractivity contribution in [2.45, 2.75) is 75.4 Å². The SMILES string of the molecule is Cc1ccc(SCCC(=O)N(Cc2ccc(Cl)c(Cl)c2)C(Cc2ccccc2)C(=O)NC2CCCCC2)cc1. The van der Waals surface area contributed by atoms with Crippen LogP contribution in [0, 0.1) is 6.92 Å². The van der Waals surface area contributed by atoms with Crippen LogP contribution in [-0.2, 0) is 22.6 Å². The van der Waals surface area contributed by atoms with Gasteiger partial charge in [0, 0.05) is 36.1 Å². The second kappa shape index (κ2) is 14.8.